The van der Waals surface area contributed by atoms with Gasteiger partial charge < -0.3 is 42.0 Å². The summed E-state index contributed by atoms with van der Waals surface area (Å²) in [7, 11) is 0. The highest BCUT2D eigenvalue weighted by atomic mass is 32.2. The van der Waals surface area contributed by atoms with Gasteiger partial charge >= 0.3 is 11.9 Å². The molecule has 0 aliphatic heterocycles. The van der Waals surface area contributed by atoms with Gasteiger partial charge in [-0.05, 0) is 18.4 Å². The number of aliphatic hydroxyl groups is 1. The molecule has 0 fully saturated rings. The smallest absolute Gasteiger partial charge is 0.326 e. The van der Waals surface area contributed by atoms with Gasteiger partial charge in [0.05, 0.1) is 19.4 Å². The van der Waals surface area contributed by atoms with E-state index in [-0.39, 0.29) is 12.8 Å². The molecule has 0 aromatic carbocycles. The molecule has 0 bridgehead atoms. The number of aromatic nitrogens is 2. The van der Waals surface area contributed by atoms with Crippen molar-refractivity contribution >= 4 is 41.4 Å². The number of H-pyrrole nitrogens is 1. The van der Waals surface area contributed by atoms with Crippen molar-refractivity contribution in [2.45, 2.75) is 43.4 Å². The summed E-state index contributed by atoms with van der Waals surface area (Å²) >= 11 is 1.38. The summed E-state index contributed by atoms with van der Waals surface area (Å²) in [5, 5.41) is 34.4. The molecule has 184 valence electrons. The monoisotopic (exact) mass is 488 g/mol. The first-order valence-electron chi connectivity index (χ1n) is 9.77. The van der Waals surface area contributed by atoms with Crippen molar-refractivity contribution in [2.24, 2.45) is 5.73 Å². The highest BCUT2D eigenvalue weighted by Gasteiger charge is 2.31. The highest BCUT2D eigenvalue weighted by Crippen LogP contribution is 2.05. The number of nitrogens with one attached hydrogen (secondary N) is 4. The second-order valence-electron chi connectivity index (χ2n) is 6.97. The van der Waals surface area contributed by atoms with Crippen molar-refractivity contribution in [3.05, 3.63) is 18.2 Å². The maximum absolute atomic E-state index is 12.7. The number of carbonyl (C=O) groups excluding carboxylic acids is 3. The van der Waals surface area contributed by atoms with Gasteiger partial charge in [-0.15, -0.1) is 0 Å². The lowest BCUT2D eigenvalue weighted by atomic mass is 10.1. The van der Waals surface area contributed by atoms with Gasteiger partial charge in [0.2, 0.25) is 17.7 Å². The quantitative estimate of drug-likeness (QED) is 0.124. The summed E-state index contributed by atoms with van der Waals surface area (Å²) in [6.07, 6.45) is 3.62. The van der Waals surface area contributed by atoms with Crippen molar-refractivity contribution in [3.8, 4) is 0 Å². The average molecular weight is 489 g/mol. The van der Waals surface area contributed by atoms with E-state index in [1.807, 2.05) is 0 Å². The second-order valence-corrected chi connectivity index (χ2v) is 7.96. The fourth-order valence-electron chi connectivity index (χ4n) is 2.61. The summed E-state index contributed by atoms with van der Waals surface area (Å²) in [6.45, 7) is -0.653. The number of nitrogens with two attached hydrogens (primary N) is 1. The fraction of sp³-hybridized carbons (Fsp3) is 0.556. The molecule has 4 atom stereocenters. The van der Waals surface area contributed by atoms with E-state index >= 15 is 0 Å². The summed E-state index contributed by atoms with van der Waals surface area (Å²) in [6, 6.07) is -5.46. The minimum atomic E-state index is -1.61. The van der Waals surface area contributed by atoms with Crippen LogP contribution in [0.5, 0.6) is 0 Å². The van der Waals surface area contributed by atoms with Crippen LogP contribution < -0.4 is 21.7 Å². The van der Waals surface area contributed by atoms with Crippen LogP contribution in [0.15, 0.2) is 12.5 Å². The number of carboxylic acid groups (broad SMARTS) is 2. The Bertz CT molecular complexity index is 821. The zero-order chi connectivity index (χ0) is 25.0. The third-order valence-electron chi connectivity index (χ3n) is 4.38. The van der Waals surface area contributed by atoms with Gasteiger partial charge in [0.1, 0.15) is 24.2 Å². The van der Waals surface area contributed by atoms with Crippen LogP contribution in [0, 0.1) is 0 Å². The predicted molar refractivity (Wildman–Crippen MR) is 116 cm³/mol. The minimum absolute atomic E-state index is 0.135. The topological polar surface area (TPSA) is 237 Å². The lowest BCUT2D eigenvalue weighted by molar-refractivity contribution is -0.143. The molecule has 4 unspecified atom stereocenters. The Kier molecular flexibility index (Phi) is 11.9. The maximum atomic E-state index is 12.7. The molecular weight excluding hydrogens is 460 g/mol. The van der Waals surface area contributed by atoms with E-state index in [0.29, 0.717) is 11.4 Å². The van der Waals surface area contributed by atoms with E-state index in [4.69, 9.17) is 15.9 Å². The van der Waals surface area contributed by atoms with E-state index in [9.17, 15) is 29.1 Å². The maximum Gasteiger partial charge on any atom is 0.326 e. The van der Waals surface area contributed by atoms with Crippen LogP contribution in [0.3, 0.4) is 0 Å². The van der Waals surface area contributed by atoms with Crippen molar-refractivity contribution in [3.63, 3.8) is 0 Å². The standard InChI is InChI=1S/C18H28N6O8S/c1-33-3-2-11(22-15(28)10(19)7-25)16(29)23-12(5-14(26)27)17(30)24-13(18(31)32)4-9-6-20-8-21-9/h6,8,10-13,25H,2-5,7,19H2,1H3,(H,20,21)(H,22,28)(H,23,29)(H,24,30)(H,26,27)(H,31,32). The van der Waals surface area contributed by atoms with Gasteiger partial charge in [-0.2, -0.15) is 11.8 Å². The number of hydrogen-bond acceptors (Lipinski definition) is 9. The van der Waals surface area contributed by atoms with Crippen LogP contribution in [-0.2, 0) is 30.4 Å². The summed E-state index contributed by atoms with van der Waals surface area (Å²) < 4.78 is 0. The molecule has 14 nitrogen and oxygen atoms in total. The molecule has 1 rings (SSSR count). The van der Waals surface area contributed by atoms with Crippen molar-refractivity contribution in [1.29, 1.82) is 0 Å². The van der Waals surface area contributed by atoms with Crippen LogP contribution in [-0.4, -0.2) is 97.7 Å². The molecule has 3 amide bonds. The molecule has 0 aliphatic carbocycles. The second kappa shape index (κ2) is 14.1. The van der Waals surface area contributed by atoms with Gasteiger partial charge in [0.25, 0.3) is 0 Å². The molecule has 0 saturated heterocycles. The van der Waals surface area contributed by atoms with E-state index in [1.54, 1.807) is 6.26 Å². The lowest BCUT2D eigenvalue weighted by Gasteiger charge is -2.24. The van der Waals surface area contributed by atoms with E-state index in [1.165, 1.54) is 24.3 Å². The number of carboxylic acids is 2. The number of aliphatic carboxylic acids is 2. The highest BCUT2D eigenvalue weighted by molar-refractivity contribution is 7.98. The average Bonchev–Trinajstić information content (AvgIpc) is 3.27. The number of rotatable bonds is 15. The molecule has 9 N–H and O–H groups in total. The largest absolute Gasteiger partial charge is 0.481 e. The fourth-order valence-corrected chi connectivity index (χ4v) is 3.08. The van der Waals surface area contributed by atoms with Crippen LogP contribution in [0.4, 0.5) is 0 Å². The zero-order valence-electron chi connectivity index (χ0n) is 17.8. The Morgan fingerprint density at radius 2 is 1.67 bits per heavy atom. The van der Waals surface area contributed by atoms with E-state index in [0.717, 1.165) is 0 Å². The Hall–Kier alpha value is -3.17. The number of imidazole rings is 1. The number of aliphatic hydroxyl groups excluding tert-OH is 1. The van der Waals surface area contributed by atoms with Crippen molar-refractivity contribution in [2.75, 3.05) is 18.6 Å². The summed E-state index contributed by atoms with van der Waals surface area (Å²) in [5.41, 5.74) is 5.86. The first-order chi connectivity index (χ1) is 15.6. The number of amides is 3. The summed E-state index contributed by atoms with van der Waals surface area (Å²) in [4.78, 5) is 66.6. The van der Waals surface area contributed by atoms with Gasteiger partial charge in [-0.3, -0.25) is 19.2 Å². The number of carbonyl (C=O) groups is 5. The SMILES string of the molecule is CSCCC(NC(=O)C(N)CO)C(=O)NC(CC(=O)O)C(=O)NC(Cc1cnc[nH]1)C(=O)O. The molecule has 0 saturated carbocycles. The van der Waals surface area contributed by atoms with Crippen molar-refractivity contribution in [1.82, 2.24) is 25.9 Å². The Morgan fingerprint density at radius 1 is 1.06 bits per heavy atom. The molecular formula is C18H28N6O8S. The van der Waals surface area contributed by atoms with Crippen LogP contribution in [0.25, 0.3) is 0 Å². The molecule has 1 aromatic heterocycles. The predicted octanol–water partition coefficient (Wildman–Crippen LogP) is -2.96. The zero-order valence-corrected chi connectivity index (χ0v) is 18.6. The Morgan fingerprint density at radius 3 is 2.18 bits per heavy atom. The van der Waals surface area contributed by atoms with Gasteiger partial charge in [0.15, 0.2) is 0 Å². The number of nitrogens with zero attached hydrogens (tertiary/aromatic N) is 1. The first kappa shape index (κ1) is 27.9. The number of thioether (sulfide) groups is 1. The molecule has 0 radical (unpaired) electrons. The third-order valence-corrected chi connectivity index (χ3v) is 5.03. The first-order valence-corrected chi connectivity index (χ1v) is 11.2. The molecule has 1 heterocycles. The minimum Gasteiger partial charge on any atom is -0.481 e. The Labute approximate surface area is 193 Å². The van der Waals surface area contributed by atoms with Gasteiger partial charge in [-0.25, -0.2) is 9.78 Å². The molecule has 0 aliphatic rings. The molecule has 33 heavy (non-hydrogen) atoms. The lowest BCUT2D eigenvalue weighted by Crippen LogP contribution is -2.58. The van der Waals surface area contributed by atoms with Gasteiger partial charge in [-0.1, -0.05) is 0 Å². The third kappa shape index (κ3) is 9.88. The van der Waals surface area contributed by atoms with Crippen LogP contribution in [0.2, 0.25) is 0 Å². The number of aromatic amines is 1. The van der Waals surface area contributed by atoms with E-state index in [2.05, 4.69) is 25.9 Å². The van der Waals surface area contributed by atoms with Crippen LogP contribution in [0.1, 0.15) is 18.5 Å². The summed E-state index contributed by atoms with van der Waals surface area (Å²) in [5.74, 6) is -5.04. The van der Waals surface area contributed by atoms with E-state index < -0.39 is 66.9 Å². The molecule has 1 aromatic rings. The van der Waals surface area contributed by atoms with Gasteiger partial charge in [0, 0.05) is 18.3 Å². The normalized spacial score (nSPS) is 14.4. The molecule has 15 heteroatoms. The number of hydrogen-bond donors (Lipinski definition) is 8. The Balaban J connectivity index is 2.95. The van der Waals surface area contributed by atoms with Crippen molar-refractivity contribution < 1.29 is 39.3 Å². The molecule has 0 spiro atoms. The van der Waals surface area contributed by atoms with Crippen LogP contribution >= 0.6 is 11.8 Å².